The Morgan fingerprint density at radius 2 is 1.85 bits per heavy atom. The monoisotopic (exact) mass is 289 g/mol. The molecular weight excluding hydrogens is 266 g/mol. The number of aryl methyl sites for hydroxylation is 1. The largest absolute Gasteiger partial charge is 0.376 e. The first-order valence-corrected chi connectivity index (χ1v) is 8.10. The molecule has 2 rings (SSSR count). The fourth-order valence-corrected chi connectivity index (χ4v) is 2.89. The minimum atomic E-state index is 0.753. The number of hydrogen-bond donors (Lipinski definition) is 1. The van der Waals surface area contributed by atoms with Crippen molar-refractivity contribution in [3.63, 3.8) is 0 Å². The van der Waals surface area contributed by atoms with Crippen molar-refractivity contribution in [2.24, 2.45) is 0 Å². The third kappa shape index (κ3) is 5.45. The Hall–Kier alpha value is -1.16. The predicted molar refractivity (Wildman–Crippen MR) is 86.1 cm³/mol. The molecule has 108 valence electrons. The summed E-state index contributed by atoms with van der Waals surface area (Å²) in [6, 6.07) is 14.9. The molecule has 0 aliphatic heterocycles. The molecule has 1 aromatic carbocycles. The van der Waals surface area contributed by atoms with Crippen LogP contribution in [0.3, 0.4) is 0 Å². The van der Waals surface area contributed by atoms with Crippen molar-refractivity contribution in [2.45, 2.75) is 32.9 Å². The molecule has 0 spiro atoms. The molecule has 0 bridgehead atoms. The first kappa shape index (κ1) is 15.2. The van der Waals surface area contributed by atoms with Crippen molar-refractivity contribution < 1.29 is 4.74 Å². The quantitative estimate of drug-likeness (QED) is 0.704. The van der Waals surface area contributed by atoms with E-state index in [9.17, 15) is 0 Å². The second kappa shape index (κ2) is 8.90. The molecule has 20 heavy (non-hydrogen) atoms. The van der Waals surface area contributed by atoms with Gasteiger partial charge in [0.05, 0.1) is 6.61 Å². The maximum absolute atomic E-state index is 5.70. The summed E-state index contributed by atoms with van der Waals surface area (Å²) in [6.45, 7) is 5.70. The average molecular weight is 289 g/mol. The number of thiophene rings is 1. The van der Waals surface area contributed by atoms with Crippen LogP contribution >= 0.6 is 11.3 Å². The molecule has 3 heteroatoms. The normalized spacial score (nSPS) is 10.8. The molecular formula is C17H23NOS. The van der Waals surface area contributed by atoms with Gasteiger partial charge in [0, 0.05) is 22.9 Å². The molecule has 0 fully saturated rings. The fourth-order valence-electron chi connectivity index (χ4n) is 1.99. The van der Waals surface area contributed by atoms with Gasteiger partial charge in [-0.05, 0) is 37.1 Å². The zero-order chi connectivity index (χ0) is 14.0. The van der Waals surface area contributed by atoms with E-state index in [-0.39, 0.29) is 0 Å². The maximum atomic E-state index is 5.70. The van der Waals surface area contributed by atoms with E-state index in [0.29, 0.717) is 0 Å². The summed E-state index contributed by atoms with van der Waals surface area (Å²) < 4.78 is 5.70. The van der Waals surface area contributed by atoms with Gasteiger partial charge in [0.25, 0.3) is 0 Å². The molecule has 1 aromatic heterocycles. The lowest BCUT2D eigenvalue weighted by Crippen LogP contribution is -2.16. The topological polar surface area (TPSA) is 21.3 Å². The zero-order valence-corrected chi connectivity index (χ0v) is 12.9. The summed E-state index contributed by atoms with van der Waals surface area (Å²) in [7, 11) is 0. The number of nitrogens with one attached hydrogen (secondary N) is 1. The predicted octanol–water partition coefficient (Wildman–Crippen LogP) is 4.01. The number of hydrogen-bond acceptors (Lipinski definition) is 3. The smallest absolute Gasteiger partial charge is 0.0809 e. The Labute approximate surface area is 125 Å². The van der Waals surface area contributed by atoms with Crippen LogP contribution in [0.2, 0.25) is 0 Å². The van der Waals surface area contributed by atoms with Crippen LogP contribution in [-0.2, 0) is 24.3 Å². The van der Waals surface area contributed by atoms with Crippen LogP contribution < -0.4 is 5.32 Å². The van der Waals surface area contributed by atoms with Gasteiger partial charge in [-0.3, -0.25) is 0 Å². The summed E-state index contributed by atoms with van der Waals surface area (Å²) in [4.78, 5) is 2.77. The molecule has 0 saturated heterocycles. The lowest BCUT2D eigenvalue weighted by Gasteiger charge is -2.05. The van der Waals surface area contributed by atoms with E-state index in [1.54, 1.807) is 0 Å². The molecule has 0 atom stereocenters. The van der Waals surface area contributed by atoms with Gasteiger partial charge in [0.2, 0.25) is 0 Å². The number of benzene rings is 1. The molecule has 2 nitrogen and oxygen atoms in total. The van der Waals surface area contributed by atoms with Crippen molar-refractivity contribution in [1.29, 1.82) is 0 Å². The van der Waals surface area contributed by atoms with Crippen molar-refractivity contribution in [3.05, 3.63) is 57.8 Å². The fraction of sp³-hybridized carbons (Fsp3) is 0.412. The highest BCUT2D eigenvalue weighted by Gasteiger charge is 1.98. The van der Waals surface area contributed by atoms with Crippen LogP contribution in [0.4, 0.5) is 0 Å². The molecule has 0 saturated carbocycles. The molecule has 1 N–H and O–H groups in total. The van der Waals surface area contributed by atoms with Crippen LogP contribution in [0.15, 0.2) is 42.5 Å². The molecule has 0 aliphatic rings. The second-order valence-corrected chi connectivity index (χ2v) is 6.04. The average Bonchev–Trinajstić information content (AvgIpc) is 2.95. The van der Waals surface area contributed by atoms with Crippen LogP contribution in [0, 0.1) is 0 Å². The highest BCUT2D eigenvalue weighted by atomic mass is 32.1. The SMILES string of the molecule is CCc1ccc(COCCCNCc2ccccc2)s1. The minimum Gasteiger partial charge on any atom is -0.376 e. The lowest BCUT2D eigenvalue weighted by molar-refractivity contribution is 0.120. The van der Waals surface area contributed by atoms with Gasteiger partial charge in [0.15, 0.2) is 0 Å². The van der Waals surface area contributed by atoms with Gasteiger partial charge in [-0.1, -0.05) is 37.3 Å². The van der Waals surface area contributed by atoms with E-state index in [1.807, 2.05) is 17.4 Å². The minimum absolute atomic E-state index is 0.753. The van der Waals surface area contributed by atoms with Crippen LogP contribution in [0.1, 0.15) is 28.7 Å². The van der Waals surface area contributed by atoms with Crippen LogP contribution in [0.5, 0.6) is 0 Å². The Bertz CT molecular complexity index is 481. The number of ether oxygens (including phenoxy) is 1. The van der Waals surface area contributed by atoms with E-state index < -0.39 is 0 Å². The molecule has 0 unspecified atom stereocenters. The van der Waals surface area contributed by atoms with Crippen molar-refractivity contribution in [2.75, 3.05) is 13.2 Å². The van der Waals surface area contributed by atoms with E-state index >= 15 is 0 Å². The Morgan fingerprint density at radius 3 is 2.60 bits per heavy atom. The molecule has 0 radical (unpaired) electrons. The summed E-state index contributed by atoms with van der Waals surface area (Å²) >= 11 is 1.86. The Kier molecular flexibility index (Phi) is 6.78. The number of rotatable bonds is 9. The third-order valence-corrected chi connectivity index (χ3v) is 4.33. The molecule has 2 aromatic rings. The first-order valence-electron chi connectivity index (χ1n) is 7.28. The van der Waals surface area contributed by atoms with Crippen molar-refractivity contribution in [3.8, 4) is 0 Å². The molecule has 0 aliphatic carbocycles. The summed E-state index contributed by atoms with van der Waals surface area (Å²) in [5.74, 6) is 0. The summed E-state index contributed by atoms with van der Waals surface area (Å²) in [5, 5.41) is 3.44. The highest BCUT2D eigenvalue weighted by molar-refractivity contribution is 7.11. The van der Waals surface area contributed by atoms with Gasteiger partial charge in [-0.15, -0.1) is 11.3 Å². The third-order valence-electron chi connectivity index (χ3n) is 3.12. The standard InChI is InChI=1S/C17H23NOS/c1-2-16-9-10-17(20-16)14-19-12-6-11-18-13-15-7-4-3-5-8-15/h3-5,7-10,18H,2,6,11-14H2,1H3. The van der Waals surface area contributed by atoms with E-state index in [1.165, 1.54) is 15.3 Å². The molecule has 0 amide bonds. The van der Waals surface area contributed by atoms with E-state index in [4.69, 9.17) is 4.74 Å². The maximum Gasteiger partial charge on any atom is 0.0809 e. The van der Waals surface area contributed by atoms with E-state index in [2.05, 4.69) is 48.6 Å². The van der Waals surface area contributed by atoms with Gasteiger partial charge in [-0.25, -0.2) is 0 Å². The van der Waals surface area contributed by atoms with Crippen molar-refractivity contribution in [1.82, 2.24) is 5.32 Å². The van der Waals surface area contributed by atoms with Gasteiger partial charge < -0.3 is 10.1 Å². The van der Waals surface area contributed by atoms with E-state index in [0.717, 1.165) is 39.1 Å². The summed E-state index contributed by atoms with van der Waals surface area (Å²) in [5.41, 5.74) is 1.33. The Morgan fingerprint density at radius 1 is 1.05 bits per heavy atom. The second-order valence-electron chi connectivity index (χ2n) is 4.79. The highest BCUT2D eigenvalue weighted by Crippen LogP contribution is 2.17. The molecule has 1 heterocycles. The Balaban J connectivity index is 1.49. The summed E-state index contributed by atoms with van der Waals surface area (Å²) in [6.07, 6.45) is 2.17. The van der Waals surface area contributed by atoms with Gasteiger partial charge in [-0.2, -0.15) is 0 Å². The zero-order valence-electron chi connectivity index (χ0n) is 12.1. The first-order chi connectivity index (χ1) is 9.88. The lowest BCUT2D eigenvalue weighted by atomic mass is 10.2. The van der Waals surface area contributed by atoms with Crippen molar-refractivity contribution >= 4 is 11.3 Å². The van der Waals surface area contributed by atoms with Crippen LogP contribution in [-0.4, -0.2) is 13.2 Å². The van der Waals surface area contributed by atoms with Gasteiger partial charge >= 0.3 is 0 Å². The van der Waals surface area contributed by atoms with Crippen LogP contribution in [0.25, 0.3) is 0 Å². The van der Waals surface area contributed by atoms with Gasteiger partial charge in [0.1, 0.15) is 0 Å².